The molecule has 0 radical (unpaired) electrons. The van der Waals surface area contributed by atoms with Gasteiger partial charge in [0, 0.05) is 25.2 Å². The predicted molar refractivity (Wildman–Crippen MR) is 92.2 cm³/mol. The van der Waals surface area contributed by atoms with Crippen LogP contribution in [0.25, 0.3) is 0 Å². The van der Waals surface area contributed by atoms with E-state index >= 15 is 0 Å². The Labute approximate surface area is 141 Å². The van der Waals surface area contributed by atoms with E-state index in [1.807, 2.05) is 32.0 Å². The van der Waals surface area contributed by atoms with Gasteiger partial charge in [-0.2, -0.15) is 0 Å². The highest BCUT2D eigenvalue weighted by atomic mass is 16.5. The second kappa shape index (κ2) is 6.91. The predicted octanol–water partition coefficient (Wildman–Crippen LogP) is 2.15. The maximum Gasteiger partial charge on any atom is 0.250 e. The highest BCUT2D eigenvalue weighted by Crippen LogP contribution is 2.26. The van der Waals surface area contributed by atoms with Crippen molar-refractivity contribution >= 4 is 5.91 Å². The van der Waals surface area contributed by atoms with Crippen molar-refractivity contribution in [1.82, 2.24) is 9.47 Å². The van der Waals surface area contributed by atoms with Crippen LogP contribution >= 0.6 is 0 Å². The molecular formula is C19H22N2O3. The molecule has 5 nitrogen and oxygen atoms in total. The summed E-state index contributed by atoms with van der Waals surface area (Å²) in [5.74, 6) is 0.984. The molecule has 1 aromatic heterocycles. The fourth-order valence-corrected chi connectivity index (χ4v) is 2.89. The maximum atomic E-state index is 12.2. The smallest absolute Gasteiger partial charge is 0.250 e. The molecule has 0 aliphatic carbocycles. The monoisotopic (exact) mass is 326 g/mol. The fourth-order valence-electron chi connectivity index (χ4n) is 2.89. The SMILES string of the molecule is Cc1cccc(C)c1OC1CN(C(=O)CCn2ccccc2=O)C1. The van der Waals surface area contributed by atoms with Crippen molar-refractivity contribution in [2.45, 2.75) is 32.9 Å². The van der Waals surface area contributed by atoms with Crippen molar-refractivity contribution in [3.63, 3.8) is 0 Å². The van der Waals surface area contributed by atoms with Crippen LogP contribution in [0.5, 0.6) is 5.75 Å². The molecule has 24 heavy (non-hydrogen) atoms. The van der Waals surface area contributed by atoms with Gasteiger partial charge < -0.3 is 14.2 Å². The average Bonchev–Trinajstić information content (AvgIpc) is 2.51. The van der Waals surface area contributed by atoms with Crippen molar-refractivity contribution in [3.8, 4) is 5.75 Å². The molecule has 5 heteroatoms. The number of benzene rings is 1. The molecule has 1 saturated heterocycles. The number of rotatable bonds is 5. The lowest BCUT2D eigenvalue weighted by Crippen LogP contribution is -2.56. The second-order valence-electron chi connectivity index (χ2n) is 6.24. The standard InChI is InChI=1S/C19H22N2O3/c1-14-6-5-7-15(2)19(14)24-16-12-21(13-16)18(23)9-11-20-10-4-3-8-17(20)22/h3-8,10,16H,9,11-13H2,1-2H3. The molecule has 0 N–H and O–H groups in total. The van der Waals surface area contributed by atoms with Gasteiger partial charge in [-0.15, -0.1) is 0 Å². The highest BCUT2D eigenvalue weighted by molar-refractivity contribution is 5.77. The van der Waals surface area contributed by atoms with E-state index in [2.05, 4.69) is 0 Å². The number of aryl methyl sites for hydroxylation is 3. The third-order valence-corrected chi connectivity index (χ3v) is 4.36. The zero-order valence-corrected chi connectivity index (χ0v) is 14.1. The van der Waals surface area contributed by atoms with Crippen LogP contribution in [0.4, 0.5) is 0 Å². The Morgan fingerprint density at radius 2 is 1.83 bits per heavy atom. The van der Waals surface area contributed by atoms with Gasteiger partial charge in [0.05, 0.1) is 13.1 Å². The van der Waals surface area contributed by atoms with E-state index in [4.69, 9.17) is 4.74 Å². The lowest BCUT2D eigenvalue weighted by molar-refractivity contribution is -0.140. The maximum absolute atomic E-state index is 12.2. The van der Waals surface area contributed by atoms with Crippen LogP contribution in [-0.4, -0.2) is 34.6 Å². The number of amides is 1. The summed E-state index contributed by atoms with van der Waals surface area (Å²) in [7, 11) is 0. The molecule has 1 aliphatic heterocycles. The van der Waals surface area contributed by atoms with Crippen LogP contribution in [0.3, 0.4) is 0 Å². The summed E-state index contributed by atoms with van der Waals surface area (Å²) in [6.07, 6.45) is 2.09. The van der Waals surface area contributed by atoms with Gasteiger partial charge in [0.1, 0.15) is 11.9 Å². The molecule has 2 aromatic rings. The Morgan fingerprint density at radius 1 is 1.12 bits per heavy atom. The molecule has 1 fully saturated rings. The zero-order valence-electron chi connectivity index (χ0n) is 14.1. The van der Waals surface area contributed by atoms with Gasteiger partial charge in [-0.25, -0.2) is 0 Å². The van der Waals surface area contributed by atoms with E-state index < -0.39 is 0 Å². The van der Waals surface area contributed by atoms with Crippen molar-refractivity contribution in [3.05, 3.63) is 64.1 Å². The lowest BCUT2D eigenvalue weighted by Gasteiger charge is -2.39. The number of para-hydroxylation sites is 1. The molecule has 0 saturated carbocycles. The molecular weight excluding hydrogens is 304 g/mol. The minimum absolute atomic E-state index is 0.0493. The number of carbonyl (C=O) groups is 1. The Morgan fingerprint density at radius 3 is 2.50 bits per heavy atom. The first-order chi connectivity index (χ1) is 11.5. The molecule has 2 heterocycles. The van der Waals surface area contributed by atoms with Crippen LogP contribution < -0.4 is 10.3 Å². The fraction of sp³-hybridized carbons (Fsp3) is 0.368. The second-order valence-corrected chi connectivity index (χ2v) is 6.24. The van der Waals surface area contributed by atoms with Crippen LogP contribution in [0.2, 0.25) is 0 Å². The van der Waals surface area contributed by atoms with E-state index in [9.17, 15) is 9.59 Å². The Bertz CT molecular complexity index is 771. The van der Waals surface area contributed by atoms with Gasteiger partial charge in [0.2, 0.25) is 5.91 Å². The normalized spacial score (nSPS) is 14.3. The first-order valence-electron chi connectivity index (χ1n) is 8.20. The van der Waals surface area contributed by atoms with E-state index in [-0.39, 0.29) is 17.6 Å². The molecule has 1 aliphatic rings. The quantitative estimate of drug-likeness (QED) is 0.846. The van der Waals surface area contributed by atoms with Gasteiger partial charge in [0.25, 0.3) is 5.56 Å². The topological polar surface area (TPSA) is 51.5 Å². The number of hydrogen-bond donors (Lipinski definition) is 0. The highest BCUT2D eigenvalue weighted by Gasteiger charge is 2.32. The summed E-state index contributed by atoms with van der Waals surface area (Å²) in [6.45, 7) is 5.69. The van der Waals surface area contributed by atoms with Crippen molar-refractivity contribution in [1.29, 1.82) is 0 Å². The number of hydrogen-bond acceptors (Lipinski definition) is 3. The van der Waals surface area contributed by atoms with Crippen LogP contribution in [-0.2, 0) is 11.3 Å². The summed E-state index contributed by atoms with van der Waals surface area (Å²) < 4.78 is 7.58. The summed E-state index contributed by atoms with van der Waals surface area (Å²) in [5, 5.41) is 0. The third kappa shape index (κ3) is 3.50. The zero-order chi connectivity index (χ0) is 17.1. The van der Waals surface area contributed by atoms with Crippen LogP contribution in [0.1, 0.15) is 17.5 Å². The van der Waals surface area contributed by atoms with Gasteiger partial charge in [-0.05, 0) is 31.0 Å². The summed E-state index contributed by atoms with van der Waals surface area (Å²) >= 11 is 0. The molecule has 0 atom stereocenters. The number of pyridine rings is 1. The van der Waals surface area contributed by atoms with Gasteiger partial charge >= 0.3 is 0 Å². The average molecular weight is 326 g/mol. The number of ether oxygens (including phenoxy) is 1. The van der Waals surface area contributed by atoms with E-state index in [1.54, 1.807) is 27.8 Å². The molecule has 1 aromatic carbocycles. The number of aromatic nitrogens is 1. The van der Waals surface area contributed by atoms with Crippen LogP contribution in [0.15, 0.2) is 47.4 Å². The summed E-state index contributed by atoms with van der Waals surface area (Å²) in [4.78, 5) is 25.6. The first kappa shape index (κ1) is 16.3. The molecule has 1 amide bonds. The Kier molecular flexibility index (Phi) is 4.69. The van der Waals surface area contributed by atoms with Crippen molar-refractivity contribution in [2.24, 2.45) is 0 Å². The molecule has 0 spiro atoms. The first-order valence-corrected chi connectivity index (χ1v) is 8.20. The van der Waals surface area contributed by atoms with Crippen molar-refractivity contribution in [2.75, 3.05) is 13.1 Å². The lowest BCUT2D eigenvalue weighted by atomic mass is 10.1. The molecule has 0 unspecified atom stereocenters. The largest absolute Gasteiger partial charge is 0.486 e. The Balaban J connectivity index is 1.49. The molecule has 0 bridgehead atoms. The summed E-state index contributed by atoms with van der Waals surface area (Å²) in [6, 6.07) is 11.1. The van der Waals surface area contributed by atoms with Gasteiger partial charge in [-0.3, -0.25) is 9.59 Å². The number of likely N-dealkylation sites (tertiary alicyclic amines) is 1. The van der Waals surface area contributed by atoms with Crippen molar-refractivity contribution < 1.29 is 9.53 Å². The van der Waals surface area contributed by atoms with E-state index in [0.717, 1.165) is 16.9 Å². The number of nitrogens with zero attached hydrogens (tertiary/aromatic N) is 2. The molecule has 3 rings (SSSR count). The Hall–Kier alpha value is -2.56. The summed E-state index contributed by atoms with van der Waals surface area (Å²) in [5.41, 5.74) is 2.15. The van der Waals surface area contributed by atoms with E-state index in [0.29, 0.717) is 26.1 Å². The van der Waals surface area contributed by atoms with Crippen LogP contribution in [0, 0.1) is 13.8 Å². The van der Waals surface area contributed by atoms with Gasteiger partial charge in [0.15, 0.2) is 0 Å². The minimum atomic E-state index is -0.0786. The van der Waals surface area contributed by atoms with E-state index in [1.165, 1.54) is 6.07 Å². The van der Waals surface area contributed by atoms with Gasteiger partial charge in [-0.1, -0.05) is 24.3 Å². The minimum Gasteiger partial charge on any atom is -0.486 e. The third-order valence-electron chi connectivity index (χ3n) is 4.36. The molecule has 126 valence electrons. The number of carbonyl (C=O) groups excluding carboxylic acids is 1.